The Labute approximate surface area is 208 Å². The summed E-state index contributed by atoms with van der Waals surface area (Å²) in [6, 6.07) is 33.5. The molecule has 3 aromatic carbocycles. The molecule has 2 aliphatic rings. The molecule has 3 nitrogen and oxygen atoms in total. The molecular formula is C32H30N2O. The average molecular weight is 459 g/mol. The molecule has 0 bridgehead atoms. The lowest BCUT2D eigenvalue weighted by molar-refractivity contribution is -0.117. The van der Waals surface area contributed by atoms with Gasteiger partial charge in [-0.1, -0.05) is 96.6 Å². The Hall–Kier alpha value is -3.74. The summed E-state index contributed by atoms with van der Waals surface area (Å²) >= 11 is 0. The highest BCUT2D eigenvalue weighted by Crippen LogP contribution is 2.49. The largest absolute Gasteiger partial charge is 0.293 e. The summed E-state index contributed by atoms with van der Waals surface area (Å²) in [5.41, 5.74) is 7.07. The van der Waals surface area contributed by atoms with Crippen LogP contribution < -0.4 is 0 Å². The molecule has 35 heavy (non-hydrogen) atoms. The zero-order valence-electron chi connectivity index (χ0n) is 20.4. The summed E-state index contributed by atoms with van der Waals surface area (Å²) in [5.74, 6) is 0.142. The number of rotatable bonds is 4. The molecule has 1 fully saturated rings. The fourth-order valence-corrected chi connectivity index (χ4v) is 5.75. The predicted octanol–water partition coefficient (Wildman–Crippen LogP) is 6.55. The Balaban J connectivity index is 1.60. The Morgan fingerprint density at radius 2 is 1.29 bits per heavy atom. The van der Waals surface area contributed by atoms with Crippen molar-refractivity contribution in [2.45, 2.75) is 38.1 Å². The Morgan fingerprint density at radius 3 is 1.83 bits per heavy atom. The van der Waals surface area contributed by atoms with Gasteiger partial charge in [0.25, 0.3) is 0 Å². The molecule has 1 aliphatic heterocycles. The maximum Gasteiger partial charge on any atom is 0.172 e. The molecule has 1 aliphatic carbocycles. The number of Topliss-reactive ketones (excluding diaryl/α,β-unsaturated/α-hetero) is 1. The smallest absolute Gasteiger partial charge is 0.172 e. The van der Waals surface area contributed by atoms with Crippen molar-refractivity contribution in [1.29, 1.82) is 5.26 Å². The molecule has 0 N–H and O–H groups in total. The predicted molar refractivity (Wildman–Crippen MR) is 140 cm³/mol. The molecule has 0 saturated heterocycles. The van der Waals surface area contributed by atoms with Gasteiger partial charge in [-0.2, -0.15) is 5.26 Å². The van der Waals surface area contributed by atoms with E-state index in [9.17, 15) is 10.1 Å². The lowest BCUT2D eigenvalue weighted by Gasteiger charge is -2.34. The average Bonchev–Trinajstić information content (AvgIpc) is 3.31. The molecule has 0 amide bonds. The number of carbonyl (C=O) groups excluding carboxylic acids is 1. The van der Waals surface area contributed by atoms with Crippen LogP contribution in [0.5, 0.6) is 0 Å². The summed E-state index contributed by atoms with van der Waals surface area (Å²) in [7, 11) is 0. The van der Waals surface area contributed by atoms with Gasteiger partial charge in [0.05, 0.1) is 24.1 Å². The molecule has 3 aromatic rings. The second kappa shape index (κ2) is 9.49. The van der Waals surface area contributed by atoms with E-state index in [1.165, 1.54) is 22.3 Å². The SMILES string of the molecule is CC1=C2CC(C#N)(c3ccccc3)CC2=C(C)C(=O)CN(C(c2ccccc2)c2ccccc2)C1. The van der Waals surface area contributed by atoms with Crippen molar-refractivity contribution in [2.75, 3.05) is 13.1 Å². The van der Waals surface area contributed by atoms with Gasteiger partial charge in [-0.25, -0.2) is 0 Å². The first-order chi connectivity index (χ1) is 17.0. The molecular weight excluding hydrogens is 428 g/mol. The quantitative estimate of drug-likeness (QED) is 0.445. The van der Waals surface area contributed by atoms with Crippen LogP contribution in [0.2, 0.25) is 0 Å². The Bertz CT molecular complexity index is 1290. The van der Waals surface area contributed by atoms with Crippen LogP contribution in [-0.4, -0.2) is 23.8 Å². The summed E-state index contributed by atoms with van der Waals surface area (Å²) in [4.78, 5) is 15.9. The van der Waals surface area contributed by atoms with E-state index in [1.54, 1.807) is 0 Å². The number of hydrogen-bond acceptors (Lipinski definition) is 3. The van der Waals surface area contributed by atoms with Crippen LogP contribution >= 0.6 is 0 Å². The van der Waals surface area contributed by atoms with Crippen LogP contribution in [-0.2, 0) is 10.2 Å². The van der Waals surface area contributed by atoms with Crippen LogP contribution in [0.3, 0.4) is 0 Å². The highest BCUT2D eigenvalue weighted by atomic mass is 16.1. The van der Waals surface area contributed by atoms with Gasteiger partial charge in [-0.05, 0) is 60.1 Å². The van der Waals surface area contributed by atoms with Gasteiger partial charge in [0, 0.05) is 6.54 Å². The summed E-state index contributed by atoms with van der Waals surface area (Å²) < 4.78 is 0. The molecule has 3 heteroatoms. The van der Waals surface area contributed by atoms with E-state index >= 15 is 0 Å². The third-order valence-electron chi connectivity index (χ3n) is 7.63. The van der Waals surface area contributed by atoms with Crippen molar-refractivity contribution in [3.05, 3.63) is 130 Å². The molecule has 0 aromatic heterocycles. The number of nitriles is 1. The molecule has 174 valence electrons. The normalized spacial score (nSPS) is 21.0. The van der Waals surface area contributed by atoms with Crippen LogP contribution in [0.1, 0.15) is 49.4 Å². The van der Waals surface area contributed by atoms with Crippen molar-refractivity contribution >= 4 is 5.78 Å². The van der Waals surface area contributed by atoms with Crippen LogP contribution in [0.4, 0.5) is 0 Å². The topological polar surface area (TPSA) is 44.1 Å². The molecule has 5 rings (SSSR count). The van der Waals surface area contributed by atoms with E-state index in [0.717, 1.165) is 16.7 Å². The first-order valence-corrected chi connectivity index (χ1v) is 12.2. The minimum atomic E-state index is -0.623. The van der Waals surface area contributed by atoms with Crippen LogP contribution in [0, 0.1) is 11.3 Å². The molecule has 0 radical (unpaired) electrons. The third kappa shape index (κ3) is 4.27. The number of ketones is 1. The van der Waals surface area contributed by atoms with Crippen LogP contribution in [0.25, 0.3) is 0 Å². The number of carbonyl (C=O) groups is 1. The second-order valence-electron chi connectivity index (χ2n) is 9.83. The van der Waals surface area contributed by atoms with Crippen molar-refractivity contribution in [3.8, 4) is 6.07 Å². The maximum atomic E-state index is 13.6. The molecule has 1 atom stereocenters. The maximum absolute atomic E-state index is 13.6. The Kier molecular flexibility index (Phi) is 6.24. The lowest BCUT2D eigenvalue weighted by Crippen LogP contribution is -2.37. The summed E-state index contributed by atoms with van der Waals surface area (Å²) in [6.07, 6.45) is 1.24. The van der Waals surface area contributed by atoms with Gasteiger partial charge in [-0.15, -0.1) is 0 Å². The van der Waals surface area contributed by atoms with Gasteiger partial charge < -0.3 is 0 Å². The minimum absolute atomic E-state index is 0.0255. The fraction of sp³-hybridized carbons (Fsp3) is 0.250. The lowest BCUT2D eigenvalue weighted by atomic mass is 9.79. The number of benzene rings is 3. The zero-order chi connectivity index (χ0) is 24.4. The monoisotopic (exact) mass is 458 g/mol. The fourth-order valence-electron chi connectivity index (χ4n) is 5.75. The minimum Gasteiger partial charge on any atom is -0.293 e. The van der Waals surface area contributed by atoms with Gasteiger partial charge in [0.1, 0.15) is 0 Å². The molecule has 0 spiro atoms. The number of hydrogen-bond donors (Lipinski definition) is 0. The van der Waals surface area contributed by atoms with E-state index < -0.39 is 5.41 Å². The van der Waals surface area contributed by atoms with E-state index in [0.29, 0.717) is 25.9 Å². The van der Waals surface area contributed by atoms with E-state index in [1.807, 2.05) is 49.4 Å². The van der Waals surface area contributed by atoms with Gasteiger partial charge in [0.15, 0.2) is 5.78 Å². The number of nitrogens with zero attached hydrogens (tertiary/aromatic N) is 2. The van der Waals surface area contributed by atoms with Gasteiger partial charge in [0.2, 0.25) is 0 Å². The molecule has 1 saturated carbocycles. The van der Waals surface area contributed by atoms with E-state index in [4.69, 9.17) is 0 Å². The standard InChI is InChI=1S/C32H30N2O/c1-23-20-34(31(25-12-6-3-7-13-25)26-14-8-4-9-15-26)21-30(35)24(2)29-19-32(22-33,18-28(23)29)27-16-10-5-11-17-27/h3-17,31H,18-21H2,1-2H3. The first kappa shape index (κ1) is 23.0. The molecule has 1 unspecified atom stereocenters. The summed E-state index contributed by atoms with van der Waals surface area (Å²) in [6.45, 7) is 5.16. The highest BCUT2D eigenvalue weighted by molar-refractivity contribution is 5.98. The van der Waals surface area contributed by atoms with E-state index in [-0.39, 0.29) is 11.8 Å². The van der Waals surface area contributed by atoms with Crippen molar-refractivity contribution in [1.82, 2.24) is 4.90 Å². The third-order valence-corrected chi connectivity index (χ3v) is 7.63. The van der Waals surface area contributed by atoms with Gasteiger partial charge in [-0.3, -0.25) is 9.69 Å². The second-order valence-corrected chi connectivity index (χ2v) is 9.83. The van der Waals surface area contributed by atoms with Crippen molar-refractivity contribution in [3.63, 3.8) is 0 Å². The van der Waals surface area contributed by atoms with Crippen molar-refractivity contribution < 1.29 is 4.79 Å². The number of allylic oxidation sites excluding steroid dienone is 2. The molecule has 1 heterocycles. The van der Waals surface area contributed by atoms with Crippen LogP contribution in [0.15, 0.2) is 113 Å². The highest BCUT2D eigenvalue weighted by Gasteiger charge is 2.44. The Morgan fingerprint density at radius 1 is 0.771 bits per heavy atom. The summed E-state index contributed by atoms with van der Waals surface area (Å²) in [5, 5.41) is 10.3. The number of fused-ring (bicyclic) bond motifs is 1. The first-order valence-electron chi connectivity index (χ1n) is 12.2. The zero-order valence-corrected chi connectivity index (χ0v) is 20.4. The van der Waals surface area contributed by atoms with Crippen molar-refractivity contribution in [2.24, 2.45) is 0 Å². The van der Waals surface area contributed by atoms with E-state index in [2.05, 4.69) is 66.4 Å². The van der Waals surface area contributed by atoms with Gasteiger partial charge >= 0.3 is 0 Å².